The Labute approximate surface area is 140 Å². The van der Waals surface area contributed by atoms with Gasteiger partial charge in [-0.2, -0.15) is 0 Å². The minimum absolute atomic E-state index is 0.0878. The molecule has 0 N–H and O–H groups in total. The Morgan fingerprint density at radius 2 is 1.83 bits per heavy atom. The summed E-state index contributed by atoms with van der Waals surface area (Å²) in [6.45, 7) is 4.04. The minimum Gasteiger partial charge on any atom is -0.336 e. The summed E-state index contributed by atoms with van der Waals surface area (Å²) in [7, 11) is 0. The summed E-state index contributed by atoms with van der Waals surface area (Å²) in [5.74, 6) is 0.0878. The van der Waals surface area contributed by atoms with E-state index in [0.717, 1.165) is 44.1 Å². The lowest BCUT2D eigenvalue weighted by Crippen LogP contribution is -2.48. The van der Waals surface area contributed by atoms with Gasteiger partial charge in [-0.15, -0.1) is 0 Å². The minimum atomic E-state index is 0.0878. The molecule has 4 rings (SSSR count). The van der Waals surface area contributed by atoms with Crippen LogP contribution in [0.25, 0.3) is 5.65 Å². The van der Waals surface area contributed by atoms with Crippen molar-refractivity contribution in [3.8, 4) is 0 Å². The maximum Gasteiger partial charge on any atom is 0.254 e. The number of carbonyl (C=O) groups is 1. The van der Waals surface area contributed by atoms with Gasteiger partial charge in [0.2, 0.25) is 0 Å². The number of fused-ring (bicyclic) bond motifs is 1. The first-order valence-corrected chi connectivity index (χ1v) is 8.14. The molecule has 0 spiro atoms. The van der Waals surface area contributed by atoms with E-state index in [0.29, 0.717) is 5.56 Å². The maximum atomic E-state index is 12.4. The van der Waals surface area contributed by atoms with Crippen LogP contribution in [0.1, 0.15) is 16.1 Å². The predicted molar refractivity (Wildman–Crippen MR) is 90.6 cm³/mol. The van der Waals surface area contributed by atoms with Crippen LogP contribution < -0.4 is 0 Å². The third-order valence-electron chi connectivity index (χ3n) is 4.39. The predicted octanol–water partition coefficient (Wildman–Crippen LogP) is 1.69. The monoisotopic (exact) mass is 321 g/mol. The number of carbonyl (C=O) groups excluding carboxylic acids is 1. The Bertz CT molecular complexity index is 804. The highest BCUT2D eigenvalue weighted by molar-refractivity contribution is 5.94. The third kappa shape index (κ3) is 3.00. The quantitative estimate of drug-likeness (QED) is 0.737. The van der Waals surface area contributed by atoms with E-state index < -0.39 is 0 Å². The lowest BCUT2D eigenvalue weighted by Gasteiger charge is -2.34. The zero-order valence-electron chi connectivity index (χ0n) is 13.4. The summed E-state index contributed by atoms with van der Waals surface area (Å²) in [6, 6.07) is 9.54. The summed E-state index contributed by atoms with van der Waals surface area (Å²) in [6.07, 6.45) is 7.40. The molecule has 24 heavy (non-hydrogen) atoms. The van der Waals surface area contributed by atoms with Crippen molar-refractivity contribution in [3.05, 3.63) is 66.4 Å². The molecule has 0 radical (unpaired) electrons. The smallest absolute Gasteiger partial charge is 0.254 e. The number of imidazole rings is 1. The van der Waals surface area contributed by atoms with Crippen LogP contribution in [0.5, 0.6) is 0 Å². The van der Waals surface area contributed by atoms with Gasteiger partial charge in [-0.25, -0.2) is 4.98 Å². The van der Waals surface area contributed by atoms with Crippen LogP contribution in [-0.4, -0.2) is 56.3 Å². The molecule has 1 fully saturated rings. The average molecular weight is 321 g/mol. The number of rotatable bonds is 3. The number of hydrogen-bond donors (Lipinski definition) is 0. The number of amides is 1. The molecule has 0 unspecified atom stereocenters. The van der Waals surface area contributed by atoms with Crippen LogP contribution in [0, 0.1) is 0 Å². The Morgan fingerprint density at radius 1 is 1.04 bits per heavy atom. The van der Waals surface area contributed by atoms with Crippen LogP contribution in [0.3, 0.4) is 0 Å². The fraction of sp³-hybridized carbons (Fsp3) is 0.278. The zero-order chi connectivity index (χ0) is 16.4. The van der Waals surface area contributed by atoms with Crippen LogP contribution >= 0.6 is 0 Å². The largest absolute Gasteiger partial charge is 0.336 e. The summed E-state index contributed by atoms with van der Waals surface area (Å²) in [4.78, 5) is 25.3. The van der Waals surface area contributed by atoms with Crippen molar-refractivity contribution in [1.82, 2.24) is 24.2 Å². The van der Waals surface area contributed by atoms with Gasteiger partial charge < -0.3 is 9.30 Å². The summed E-state index contributed by atoms with van der Waals surface area (Å²) >= 11 is 0. The Hall–Kier alpha value is -2.73. The molecule has 0 bridgehead atoms. The summed E-state index contributed by atoms with van der Waals surface area (Å²) in [5, 5.41) is 0. The first kappa shape index (κ1) is 14.8. The highest BCUT2D eigenvalue weighted by atomic mass is 16.2. The van der Waals surface area contributed by atoms with E-state index in [-0.39, 0.29) is 5.91 Å². The first-order chi connectivity index (χ1) is 11.8. The highest BCUT2D eigenvalue weighted by Gasteiger charge is 2.22. The van der Waals surface area contributed by atoms with Gasteiger partial charge in [0.1, 0.15) is 5.65 Å². The van der Waals surface area contributed by atoms with Crippen molar-refractivity contribution in [1.29, 1.82) is 0 Å². The van der Waals surface area contributed by atoms with Crippen molar-refractivity contribution in [2.75, 3.05) is 26.2 Å². The van der Waals surface area contributed by atoms with E-state index in [2.05, 4.69) is 21.1 Å². The molecule has 1 amide bonds. The Kier molecular flexibility index (Phi) is 3.96. The second-order valence-corrected chi connectivity index (χ2v) is 6.00. The summed E-state index contributed by atoms with van der Waals surface area (Å²) in [5.41, 5.74) is 2.74. The molecular formula is C18H19N5O. The molecule has 6 heteroatoms. The molecule has 0 aromatic carbocycles. The number of pyridine rings is 2. The van der Waals surface area contributed by atoms with Gasteiger partial charge in [0, 0.05) is 63.1 Å². The molecule has 6 nitrogen and oxygen atoms in total. The number of nitrogens with zero attached hydrogens (tertiary/aromatic N) is 5. The van der Waals surface area contributed by atoms with Crippen molar-refractivity contribution >= 4 is 11.6 Å². The van der Waals surface area contributed by atoms with Gasteiger partial charge in [-0.1, -0.05) is 6.07 Å². The average Bonchev–Trinajstić information content (AvgIpc) is 3.05. The maximum absolute atomic E-state index is 12.4. The fourth-order valence-corrected chi connectivity index (χ4v) is 3.08. The van der Waals surface area contributed by atoms with Gasteiger partial charge in [0.25, 0.3) is 5.91 Å². The molecule has 122 valence electrons. The lowest BCUT2D eigenvalue weighted by molar-refractivity contribution is 0.0627. The zero-order valence-corrected chi connectivity index (χ0v) is 13.4. The number of aromatic nitrogens is 3. The standard InChI is InChI=1S/C18H19N5O/c24-18(15-4-6-19-7-5-15)22-11-9-21(10-12-22)13-16-14-23-8-2-1-3-17(23)20-16/h1-8,14H,9-13H2. The van der Waals surface area contributed by atoms with Gasteiger partial charge in [0.05, 0.1) is 5.69 Å². The molecule has 0 saturated carbocycles. The fourth-order valence-electron chi connectivity index (χ4n) is 3.08. The molecule has 1 saturated heterocycles. The topological polar surface area (TPSA) is 53.7 Å². The first-order valence-electron chi connectivity index (χ1n) is 8.14. The third-order valence-corrected chi connectivity index (χ3v) is 4.39. The second-order valence-electron chi connectivity index (χ2n) is 6.00. The van der Waals surface area contributed by atoms with Crippen molar-refractivity contribution in [2.45, 2.75) is 6.54 Å². The molecule has 1 aliphatic heterocycles. The second kappa shape index (κ2) is 6.41. The number of piperazine rings is 1. The van der Waals surface area contributed by atoms with Crippen LogP contribution in [0.2, 0.25) is 0 Å². The van der Waals surface area contributed by atoms with Crippen LogP contribution in [0.4, 0.5) is 0 Å². The van der Waals surface area contributed by atoms with E-state index in [1.54, 1.807) is 24.5 Å². The van der Waals surface area contributed by atoms with E-state index >= 15 is 0 Å². The molecular weight excluding hydrogens is 302 g/mol. The molecule has 3 aromatic heterocycles. The Balaban J connectivity index is 1.37. The Morgan fingerprint density at radius 3 is 2.58 bits per heavy atom. The number of hydrogen-bond acceptors (Lipinski definition) is 4. The van der Waals surface area contributed by atoms with E-state index in [4.69, 9.17) is 0 Å². The molecule has 0 atom stereocenters. The van der Waals surface area contributed by atoms with Crippen molar-refractivity contribution < 1.29 is 4.79 Å². The van der Waals surface area contributed by atoms with Crippen molar-refractivity contribution in [2.24, 2.45) is 0 Å². The van der Waals surface area contributed by atoms with Gasteiger partial charge in [0.15, 0.2) is 0 Å². The van der Waals surface area contributed by atoms with Gasteiger partial charge >= 0.3 is 0 Å². The molecule has 0 aliphatic carbocycles. The highest BCUT2D eigenvalue weighted by Crippen LogP contribution is 2.12. The SMILES string of the molecule is O=C(c1ccncc1)N1CCN(Cc2cn3ccccc3n2)CC1. The van der Waals surface area contributed by atoms with Crippen LogP contribution in [-0.2, 0) is 6.54 Å². The van der Waals surface area contributed by atoms with Crippen molar-refractivity contribution in [3.63, 3.8) is 0 Å². The van der Waals surface area contributed by atoms with E-state index in [1.165, 1.54) is 0 Å². The van der Waals surface area contributed by atoms with Crippen LogP contribution in [0.15, 0.2) is 55.1 Å². The summed E-state index contributed by atoms with van der Waals surface area (Å²) < 4.78 is 2.04. The normalized spacial score (nSPS) is 15.8. The van der Waals surface area contributed by atoms with Gasteiger partial charge in [-0.3, -0.25) is 14.7 Å². The molecule has 4 heterocycles. The lowest BCUT2D eigenvalue weighted by atomic mass is 10.2. The van der Waals surface area contributed by atoms with E-state index in [1.807, 2.05) is 33.7 Å². The van der Waals surface area contributed by atoms with E-state index in [9.17, 15) is 4.79 Å². The molecule has 3 aromatic rings. The molecule has 1 aliphatic rings. The van der Waals surface area contributed by atoms with Gasteiger partial charge in [-0.05, 0) is 24.3 Å².